The molecule has 0 aliphatic carbocycles. The molecule has 1 aliphatic rings. The van der Waals surface area contributed by atoms with Crippen LogP contribution in [-0.2, 0) is 9.59 Å². The number of hydrogen-bond acceptors (Lipinski definition) is 3. The maximum Gasteiger partial charge on any atom is 0.265 e. The van der Waals surface area contributed by atoms with Crippen molar-refractivity contribution in [1.29, 1.82) is 0 Å². The molecule has 0 saturated carbocycles. The number of amides is 1. The van der Waals surface area contributed by atoms with Gasteiger partial charge < -0.3 is 4.74 Å². The minimum absolute atomic E-state index is 0.00532. The lowest BCUT2D eigenvalue weighted by Gasteiger charge is -2.32. The second-order valence-electron chi connectivity index (χ2n) is 3.81. The van der Waals surface area contributed by atoms with Crippen LogP contribution in [-0.4, -0.2) is 24.3 Å². The van der Waals surface area contributed by atoms with Crippen LogP contribution in [0.15, 0.2) is 24.3 Å². The van der Waals surface area contributed by atoms with Crippen LogP contribution in [0.4, 0.5) is 5.69 Å². The standard InChI is InChI=1S/C12H13NO3/c1-8(9(2)14)13-10-5-3-4-6-11(10)16-7-12(13)15/h3-6,8H,7H2,1-2H3. The summed E-state index contributed by atoms with van der Waals surface area (Å²) in [6, 6.07) is 6.79. The molecule has 1 heterocycles. The fourth-order valence-corrected chi connectivity index (χ4v) is 1.73. The molecule has 0 bridgehead atoms. The number of anilines is 1. The molecule has 0 spiro atoms. The minimum Gasteiger partial charge on any atom is -0.482 e. The van der Waals surface area contributed by atoms with Gasteiger partial charge >= 0.3 is 0 Å². The molecule has 1 atom stereocenters. The molecule has 1 unspecified atom stereocenters. The molecule has 0 N–H and O–H groups in total. The van der Waals surface area contributed by atoms with Gasteiger partial charge in [-0.25, -0.2) is 0 Å². The summed E-state index contributed by atoms with van der Waals surface area (Å²) < 4.78 is 5.29. The van der Waals surface area contributed by atoms with Crippen LogP contribution in [0.25, 0.3) is 0 Å². The zero-order chi connectivity index (χ0) is 11.7. The van der Waals surface area contributed by atoms with E-state index in [1.807, 2.05) is 12.1 Å². The highest BCUT2D eigenvalue weighted by molar-refractivity contribution is 6.03. The highest BCUT2D eigenvalue weighted by Crippen LogP contribution is 2.32. The third-order valence-electron chi connectivity index (χ3n) is 2.72. The molecule has 0 radical (unpaired) electrons. The number of hydrogen-bond donors (Lipinski definition) is 0. The molecular weight excluding hydrogens is 206 g/mol. The summed E-state index contributed by atoms with van der Waals surface area (Å²) in [6.45, 7) is 3.20. The Balaban J connectivity index is 2.44. The van der Waals surface area contributed by atoms with E-state index in [1.54, 1.807) is 19.1 Å². The Labute approximate surface area is 93.8 Å². The Bertz CT molecular complexity index is 442. The number of Topliss-reactive ketones (excluding diaryl/α,β-unsaturated/α-hetero) is 1. The molecule has 1 aromatic carbocycles. The van der Waals surface area contributed by atoms with E-state index in [9.17, 15) is 9.59 Å². The van der Waals surface area contributed by atoms with E-state index in [0.717, 1.165) is 0 Å². The van der Waals surface area contributed by atoms with Gasteiger partial charge in [0.2, 0.25) is 0 Å². The summed E-state index contributed by atoms with van der Waals surface area (Å²) in [7, 11) is 0. The van der Waals surface area contributed by atoms with Gasteiger partial charge in [0.25, 0.3) is 5.91 Å². The second kappa shape index (κ2) is 3.96. The van der Waals surface area contributed by atoms with Gasteiger partial charge in [-0.3, -0.25) is 14.5 Å². The lowest BCUT2D eigenvalue weighted by molar-refractivity contribution is -0.125. The van der Waals surface area contributed by atoms with Crippen LogP contribution in [0.3, 0.4) is 0 Å². The van der Waals surface area contributed by atoms with E-state index in [2.05, 4.69) is 0 Å². The SMILES string of the molecule is CC(=O)C(C)N1C(=O)COc2ccccc21. The number of para-hydroxylation sites is 2. The Kier molecular flexibility index (Phi) is 2.64. The van der Waals surface area contributed by atoms with E-state index >= 15 is 0 Å². The molecule has 1 aromatic rings. The molecule has 1 aliphatic heterocycles. The van der Waals surface area contributed by atoms with Gasteiger partial charge in [0.05, 0.1) is 11.7 Å². The number of carbonyl (C=O) groups is 2. The average molecular weight is 219 g/mol. The first kappa shape index (κ1) is 10.7. The highest BCUT2D eigenvalue weighted by atomic mass is 16.5. The van der Waals surface area contributed by atoms with Crippen molar-refractivity contribution in [3.63, 3.8) is 0 Å². The monoisotopic (exact) mass is 219 g/mol. The first-order chi connectivity index (χ1) is 7.61. The van der Waals surface area contributed by atoms with E-state index in [1.165, 1.54) is 11.8 Å². The van der Waals surface area contributed by atoms with Crippen molar-refractivity contribution < 1.29 is 14.3 Å². The Morgan fingerprint density at radius 3 is 2.81 bits per heavy atom. The van der Waals surface area contributed by atoms with Crippen molar-refractivity contribution in [3.8, 4) is 5.75 Å². The Hall–Kier alpha value is -1.84. The van der Waals surface area contributed by atoms with Crippen molar-refractivity contribution in [2.75, 3.05) is 11.5 Å². The number of ketones is 1. The summed E-state index contributed by atoms with van der Waals surface area (Å²) in [5.41, 5.74) is 0.668. The molecule has 1 amide bonds. The zero-order valence-electron chi connectivity index (χ0n) is 9.27. The van der Waals surface area contributed by atoms with Crippen LogP contribution in [0.5, 0.6) is 5.75 Å². The fourth-order valence-electron chi connectivity index (χ4n) is 1.73. The summed E-state index contributed by atoms with van der Waals surface area (Å²) in [6.07, 6.45) is 0. The van der Waals surface area contributed by atoms with Crippen LogP contribution < -0.4 is 9.64 Å². The fraction of sp³-hybridized carbons (Fsp3) is 0.333. The quantitative estimate of drug-likeness (QED) is 0.755. The predicted octanol–water partition coefficient (Wildman–Crippen LogP) is 1.39. The summed E-state index contributed by atoms with van der Waals surface area (Å²) in [5, 5.41) is 0. The van der Waals surface area contributed by atoms with Gasteiger partial charge in [0.1, 0.15) is 5.75 Å². The second-order valence-corrected chi connectivity index (χ2v) is 3.81. The van der Waals surface area contributed by atoms with Gasteiger partial charge in [0.15, 0.2) is 12.4 Å². The first-order valence-corrected chi connectivity index (χ1v) is 5.15. The van der Waals surface area contributed by atoms with Crippen molar-refractivity contribution in [2.45, 2.75) is 19.9 Å². The minimum atomic E-state index is -0.447. The summed E-state index contributed by atoms with van der Waals surface area (Å²) in [4.78, 5) is 24.6. The third kappa shape index (κ3) is 1.66. The Morgan fingerprint density at radius 2 is 2.12 bits per heavy atom. The summed E-state index contributed by atoms with van der Waals surface area (Å²) >= 11 is 0. The number of nitrogens with zero attached hydrogens (tertiary/aromatic N) is 1. The van der Waals surface area contributed by atoms with Gasteiger partial charge in [-0.15, -0.1) is 0 Å². The maximum absolute atomic E-state index is 11.8. The van der Waals surface area contributed by atoms with Gasteiger partial charge in [-0.05, 0) is 26.0 Å². The molecule has 16 heavy (non-hydrogen) atoms. The molecular formula is C12H13NO3. The molecule has 4 heteroatoms. The van der Waals surface area contributed by atoms with E-state index in [0.29, 0.717) is 11.4 Å². The normalized spacial score (nSPS) is 16.4. The van der Waals surface area contributed by atoms with Crippen LogP contribution in [0.2, 0.25) is 0 Å². The number of fused-ring (bicyclic) bond motifs is 1. The zero-order valence-corrected chi connectivity index (χ0v) is 9.27. The Morgan fingerprint density at radius 1 is 1.44 bits per heavy atom. The first-order valence-electron chi connectivity index (χ1n) is 5.15. The van der Waals surface area contributed by atoms with E-state index in [-0.39, 0.29) is 18.3 Å². The predicted molar refractivity (Wildman–Crippen MR) is 59.6 cm³/mol. The van der Waals surface area contributed by atoms with Gasteiger partial charge in [0, 0.05) is 0 Å². The van der Waals surface area contributed by atoms with Crippen molar-refractivity contribution in [1.82, 2.24) is 0 Å². The number of benzene rings is 1. The maximum atomic E-state index is 11.8. The van der Waals surface area contributed by atoms with Crippen LogP contribution >= 0.6 is 0 Å². The smallest absolute Gasteiger partial charge is 0.265 e. The van der Waals surface area contributed by atoms with Crippen molar-refractivity contribution in [3.05, 3.63) is 24.3 Å². The largest absolute Gasteiger partial charge is 0.482 e. The number of rotatable bonds is 2. The topological polar surface area (TPSA) is 46.6 Å². The number of carbonyl (C=O) groups excluding carboxylic acids is 2. The molecule has 0 saturated heterocycles. The lowest BCUT2D eigenvalue weighted by atomic mass is 10.1. The molecule has 0 aromatic heterocycles. The lowest BCUT2D eigenvalue weighted by Crippen LogP contribution is -2.47. The van der Waals surface area contributed by atoms with E-state index < -0.39 is 6.04 Å². The van der Waals surface area contributed by atoms with Crippen molar-refractivity contribution >= 4 is 17.4 Å². The molecule has 4 nitrogen and oxygen atoms in total. The van der Waals surface area contributed by atoms with Gasteiger partial charge in [-0.1, -0.05) is 12.1 Å². The highest BCUT2D eigenvalue weighted by Gasteiger charge is 2.30. The summed E-state index contributed by atoms with van der Waals surface area (Å²) in [5.74, 6) is 0.432. The molecule has 0 fully saturated rings. The third-order valence-corrected chi connectivity index (χ3v) is 2.72. The van der Waals surface area contributed by atoms with Crippen molar-refractivity contribution in [2.24, 2.45) is 0 Å². The number of ether oxygens (including phenoxy) is 1. The van der Waals surface area contributed by atoms with Gasteiger partial charge in [-0.2, -0.15) is 0 Å². The molecule has 2 rings (SSSR count). The molecule has 84 valence electrons. The van der Waals surface area contributed by atoms with Crippen LogP contribution in [0, 0.1) is 0 Å². The van der Waals surface area contributed by atoms with E-state index in [4.69, 9.17) is 4.74 Å². The average Bonchev–Trinajstić information content (AvgIpc) is 2.28. The van der Waals surface area contributed by atoms with Crippen LogP contribution in [0.1, 0.15) is 13.8 Å².